The summed E-state index contributed by atoms with van der Waals surface area (Å²) in [5, 5.41) is -0.229. The Morgan fingerprint density at radius 3 is 2.53 bits per heavy atom. The number of hydrogen-bond donors (Lipinski definition) is 2. The maximum atomic E-state index is 11.5. The number of carbonyl (C=O) groups excluding carboxylic acids is 1. The molecule has 0 radical (unpaired) electrons. The molecule has 2 unspecified atom stereocenters. The molecule has 0 aromatic carbocycles. The molecule has 1 saturated carbocycles. The molecular weight excluding hydrogens is 268 g/mol. The summed E-state index contributed by atoms with van der Waals surface area (Å²) in [7, 11) is -3.90. The molecule has 100 valence electrons. The molecular formula is C9H17ClN2O4S. The topological polar surface area (TPSA) is 84.5 Å². The van der Waals surface area contributed by atoms with E-state index in [4.69, 9.17) is 11.6 Å². The van der Waals surface area contributed by atoms with Gasteiger partial charge in [-0.15, -0.1) is 11.6 Å². The molecule has 0 spiro atoms. The summed E-state index contributed by atoms with van der Waals surface area (Å²) in [4.78, 5) is 11.1. The molecule has 1 aliphatic carbocycles. The van der Waals surface area contributed by atoms with Gasteiger partial charge in [0.05, 0.1) is 11.5 Å². The fourth-order valence-electron chi connectivity index (χ4n) is 1.62. The Morgan fingerprint density at radius 2 is 2.06 bits per heavy atom. The molecule has 0 saturated heterocycles. The fraction of sp³-hybridized carbons (Fsp3) is 0.889. The fourth-order valence-corrected chi connectivity index (χ4v) is 3.05. The van der Waals surface area contributed by atoms with E-state index in [0.717, 1.165) is 12.8 Å². The van der Waals surface area contributed by atoms with Crippen LogP contribution in [0.3, 0.4) is 0 Å². The van der Waals surface area contributed by atoms with Gasteiger partial charge in [0.25, 0.3) is 0 Å². The van der Waals surface area contributed by atoms with Crippen molar-refractivity contribution in [1.29, 1.82) is 0 Å². The second-order valence-corrected chi connectivity index (χ2v) is 6.24. The summed E-state index contributed by atoms with van der Waals surface area (Å²) >= 11 is 5.93. The van der Waals surface area contributed by atoms with Crippen molar-refractivity contribution in [3.05, 3.63) is 0 Å². The van der Waals surface area contributed by atoms with Crippen LogP contribution in [0.4, 0.5) is 4.79 Å². The Hall–Kier alpha value is -0.530. The van der Waals surface area contributed by atoms with E-state index in [-0.39, 0.29) is 17.5 Å². The number of carbonyl (C=O) groups is 1. The van der Waals surface area contributed by atoms with Crippen LogP contribution in [0.15, 0.2) is 0 Å². The number of nitrogens with one attached hydrogen (secondary N) is 2. The van der Waals surface area contributed by atoms with Crippen molar-refractivity contribution in [1.82, 2.24) is 9.44 Å². The first-order valence-electron chi connectivity index (χ1n) is 5.45. The van der Waals surface area contributed by atoms with Gasteiger partial charge in [-0.05, 0) is 26.7 Å². The van der Waals surface area contributed by atoms with E-state index in [1.807, 2.05) is 0 Å². The van der Waals surface area contributed by atoms with Crippen molar-refractivity contribution in [2.75, 3.05) is 0 Å². The van der Waals surface area contributed by atoms with E-state index >= 15 is 0 Å². The van der Waals surface area contributed by atoms with E-state index in [1.165, 1.54) is 0 Å². The zero-order chi connectivity index (χ0) is 13.1. The Bertz CT molecular complexity index is 371. The molecule has 0 aromatic heterocycles. The van der Waals surface area contributed by atoms with Crippen LogP contribution in [-0.2, 0) is 14.9 Å². The summed E-state index contributed by atoms with van der Waals surface area (Å²) < 4.78 is 31.9. The van der Waals surface area contributed by atoms with Gasteiger partial charge in [0.1, 0.15) is 0 Å². The lowest BCUT2D eigenvalue weighted by Crippen LogP contribution is -2.47. The molecule has 6 nitrogen and oxygen atoms in total. The van der Waals surface area contributed by atoms with Crippen LogP contribution in [0.5, 0.6) is 0 Å². The van der Waals surface area contributed by atoms with Crippen LogP contribution in [0.25, 0.3) is 0 Å². The second kappa shape index (κ2) is 5.88. The van der Waals surface area contributed by atoms with E-state index in [1.54, 1.807) is 18.6 Å². The Labute approximate surface area is 106 Å². The van der Waals surface area contributed by atoms with Crippen molar-refractivity contribution in [3.8, 4) is 0 Å². The summed E-state index contributed by atoms with van der Waals surface area (Å²) in [5.74, 6) is 0. The average molecular weight is 285 g/mol. The van der Waals surface area contributed by atoms with Crippen LogP contribution >= 0.6 is 11.6 Å². The van der Waals surface area contributed by atoms with Gasteiger partial charge in [-0.2, -0.15) is 13.1 Å². The third-order valence-electron chi connectivity index (χ3n) is 2.30. The number of hydrogen-bond acceptors (Lipinski definition) is 4. The minimum Gasteiger partial charge on any atom is -0.446 e. The Balaban J connectivity index is 2.48. The molecule has 2 atom stereocenters. The quantitative estimate of drug-likeness (QED) is 0.758. The predicted molar refractivity (Wildman–Crippen MR) is 64.1 cm³/mol. The van der Waals surface area contributed by atoms with Gasteiger partial charge in [-0.1, -0.05) is 6.42 Å². The SMILES string of the molecule is CC(C)OC(=O)NS(=O)(=O)NC1CCCC1Cl. The van der Waals surface area contributed by atoms with Crippen LogP contribution < -0.4 is 9.44 Å². The highest BCUT2D eigenvalue weighted by Gasteiger charge is 2.30. The zero-order valence-corrected chi connectivity index (χ0v) is 11.3. The minimum atomic E-state index is -3.90. The third kappa shape index (κ3) is 5.10. The average Bonchev–Trinajstić information content (AvgIpc) is 2.47. The first-order valence-corrected chi connectivity index (χ1v) is 7.37. The number of halogens is 1. The van der Waals surface area contributed by atoms with Crippen molar-refractivity contribution in [2.45, 2.75) is 50.6 Å². The lowest BCUT2D eigenvalue weighted by molar-refractivity contribution is 0.121. The molecule has 0 aliphatic heterocycles. The van der Waals surface area contributed by atoms with Crippen molar-refractivity contribution >= 4 is 27.9 Å². The highest BCUT2D eigenvalue weighted by molar-refractivity contribution is 7.88. The summed E-state index contributed by atoms with van der Waals surface area (Å²) in [5.41, 5.74) is 0. The van der Waals surface area contributed by atoms with Crippen molar-refractivity contribution < 1.29 is 17.9 Å². The Morgan fingerprint density at radius 1 is 1.41 bits per heavy atom. The van der Waals surface area contributed by atoms with Crippen LogP contribution in [-0.4, -0.2) is 32.0 Å². The monoisotopic (exact) mass is 284 g/mol. The first kappa shape index (κ1) is 14.5. The van der Waals surface area contributed by atoms with Crippen LogP contribution in [0.1, 0.15) is 33.1 Å². The third-order valence-corrected chi connectivity index (χ3v) is 3.87. The molecule has 1 fully saturated rings. The summed E-state index contributed by atoms with van der Waals surface area (Å²) in [6.45, 7) is 3.26. The molecule has 0 heterocycles. The summed E-state index contributed by atoms with van der Waals surface area (Å²) in [6, 6.07) is -0.332. The number of amides is 1. The lowest BCUT2D eigenvalue weighted by atomic mass is 10.3. The normalized spacial score (nSPS) is 24.9. The van der Waals surface area contributed by atoms with Gasteiger partial charge >= 0.3 is 16.3 Å². The van der Waals surface area contributed by atoms with E-state index < -0.39 is 16.3 Å². The lowest BCUT2D eigenvalue weighted by Gasteiger charge is -2.16. The van der Waals surface area contributed by atoms with Gasteiger partial charge in [0.2, 0.25) is 0 Å². The molecule has 8 heteroatoms. The zero-order valence-electron chi connectivity index (χ0n) is 9.77. The van der Waals surface area contributed by atoms with Gasteiger partial charge in [0, 0.05) is 6.04 Å². The maximum Gasteiger partial charge on any atom is 0.422 e. The number of ether oxygens (including phenoxy) is 1. The van der Waals surface area contributed by atoms with E-state index in [9.17, 15) is 13.2 Å². The van der Waals surface area contributed by atoms with Crippen molar-refractivity contribution in [2.24, 2.45) is 0 Å². The van der Waals surface area contributed by atoms with Crippen molar-refractivity contribution in [3.63, 3.8) is 0 Å². The highest BCUT2D eigenvalue weighted by atomic mass is 35.5. The van der Waals surface area contributed by atoms with Gasteiger partial charge in [-0.3, -0.25) is 0 Å². The molecule has 1 amide bonds. The molecule has 0 aromatic rings. The van der Waals surface area contributed by atoms with E-state index in [2.05, 4.69) is 9.46 Å². The first-order chi connectivity index (χ1) is 7.80. The molecule has 0 bridgehead atoms. The largest absolute Gasteiger partial charge is 0.446 e. The van der Waals surface area contributed by atoms with E-state index in [0.29, 0.717) is 6.42 Å². The number of rotatable bonds is 4. The van der Waals surface area contributed by atoms with Gasteiger partial charge < -0.3 is 4.74 Å². The molecule has 1 aliphatic rings. The smallest absolute Gasteiger partial charge is 0.422 e. The second-order valence-electron chi connectivity index (χ2n) is 4.23. The molecule has 2 N–H and O–H groups in total. The molecule has 1 rings (SSSR count). The highest BCUT2D eigenvalue weighted by Crippen LogP contribution is 2.24. The van der Waals surface area contributed by atoms with Gasteiger partial charge in [-0.25, -0.2) is 9.52 Å². The minimum absolute atomic E-state index is 0.229. The Kier molecular flexibility index (Phi) is 5.03. The number of alkyl halides is 1. The predicted octanol–water partition coefficient (Wildman–Crippen LogP) is 1.12. The maximum absolute atomic E-state index is 11.5. The van der Waals surface area contributed by atoms with Crippen LogP contribution in [0.2, 0.25) is 0 Å². The molecule has 17 heavy (non-hydrogen) atoms. The standard InChI is InChI=1S/C9H17ClN2O4S/c1-6(2)16-9(13)12-17(14,15)11-8-5-3-4-7(8)10/h6-8,11H,3-5H2,1-2H3,(H,12,13). The van der Waals surface area contributed by atoms with Crippen LogP contribution in [0, 0.1) is 0 Å². The van der Waals surface area contributed by atoms with Gasteiger partial charge in [0.15, 0.2) is 0 Å². The summed E-state index contributed by atoms with van der Waals surface area (Å²) in [6.07, 6.45) is 0.950.